The zero-order valence-electron chi connectivity index (χ0n) is 11.8. The van der Waals surface area contributed by atoms with E-state index < -0.39 is 0 Å². The third-order valence-electron chi connectivity index (χ3n) is 3.03. The fraction of sp³-hybridized carbons (Fsp3) is 0.0625. The van der Waals surface area contributed by atoms with Gasteiger partial charge in [-0.05, 0) is 24.3 Å². The number of carbonyl (C=O) groups is 1. The highest BCUT2D eigenvalue weighted by Crippen LogP contribution is 2.07. The number of anilines is 1. The highest BCUT2D eigenvalue weighted by atomic mass is 16.2. The summed E-state index contributed by atoms with van der Waals surface area (Å²) in [7, 11) is 0. The van der Waals surface area contributed by atoms with Gasteiger partial charge in [-0.1, -0.05) is 18.2 Å². The Bertz CT molecular complexity index is 739. The fourth-order valence-corrected chi connectivity index (χ4v) is 1.97. The average molecular weight is 293 g/mol. The number of nitrogens with zero attached hydrogens (tertiary/aromatic N) is 3. The summed E-state index contributed by atoms with van der Waals surface area (Å²) in [6.07, 6.45) is 6.87. The van der Waals surface area contributed by atoms with Gasteiger partial charge in [-0.15, -0.1) is 0 Å². The van der Waals surface area contributed by atoms with Crippen LogP contribution in [0.1, 0.15) is 5.56 Å². The predicted octanol–water partition coefficient (Wildman–Crippen LogP) is 2.59. The maximum Gasteiger partial charge on any atom is 0.319 e. The van der Waals surface area contributed by atoms with E-state index in [1.807, 2.05) is 36.5 Å². The number of hydrogen-bond acceptors (Lipinski definition) is 3. The lowest BCUT2D eigenvalue weighted by molar-refractivity contribution is 0.251. The molecule has 0 aliphatic heterocycles. The van der Waals surface area contributed by atoms with Crippen molar-refractivity contribution in [2.75, 3.05) is 5.32 Å². The van der Waals surface area contributed by atoms with Crippen molar-refractivity contribution in [3.05, 3.63) is 72.8 Å². The molecule has 110 valence electrons. The van der Waals surface area contributed by atoms with E-state index in [2.05, 4.69) is 20.7 Å². The molecule has 0 saturated heterocycles. The van der Waals surface area contributed by atoms with Crippen molar-refractivity contribution in [1.29, 1.82) is 0 Å². The van der Waals surface area contributed by atoms with Crippen LogP contribution < -0.4 is 10.6 Å². The Kier molecular flexibility index (Phi) is 4.10. The summed E-state index contributed by atoms with van der Waals surface area (Å²) in [5.41, 5.74) is 2.55. The molecule has 0 aliphatic carbocycles. The second kappa shape index (κ2) is 6.53. The van der Waals surface area contributed by atoms with Crippen LogP contribution in [-0.4, -0.2) is 20.8 Å². The number of urea groups is 1. The van der Waals surface area contributed by atoms with Crippen LogP contribution >= 0.6 is 0 Å². The maximum absolute atomic E-state index is 11.8. The van der Waals surface area contributed by atoms with Crippen molar-refractivity contribution >= 4 is 11.7 Å². The van der Waals surface area contributed by atoms with Crippen LogP contribution in [-0.2, 0) is 6.54 Å². The number of benzene rings is 1. The standard InChI is InChI=1S/C16H15N5O/c22-16(20-14-5-4-8-17-11-14)18-9-13-10-19-21(12-13)15-6-2-1-3-7-15/h1-8,10-12H,9H2,(H2,18,20,22). The molecular formula is C16H15N5O. The molecule has 0 bridgehead atoms. The predicted molar refractivity (Wildman–Crippen MR) is 83.7 cm³/mol. The molecule has 1 aromatic carbocycles. The van der Waals surface area contributed by atoms with E-state index in [9.17, 15) is 4.79 Å². The summed E-state index contributed by atoms with van der Waals surface area (Å²) in [6.45, 7) is 0.402. The van der Waals surface area contributed by atoms with Crippen molar-refractivity contribution in [2.24, 2.45) is 0 Å². The summed E-state index contributed by atoms with van der Waals surface area (Å²) in [5.74, 6) is 0. The lowest BCUT2D eigenvalue weighted by atomic mass is 10.3. The molecule has 0 aliphatic rings. The Morgan fingerprint density at radius 3 is 2.73 bits per heavy atom. The Hall–Kier alpha value is -3.15. The van der Waals surface area contributed by atoms with Gasteiger partial charge in [0.05, 0.1) is 23.8 Å². The molecule has 22 heavy (non-hydrogen) atoms. The molecule has 0 fully saturated rings. The van der Waals surface area contributed by atoms with Crippen LogP contribution in [0.3, 0.4) is 0 Å². The smallest absolute Gasteiger partial charge is 0.319 e. The first kappa shape index (κ1) is 13.8. The normalized spacial score (nSPS) is 10.2. The number of carbonyl (C=O) groups excluding carboxylic acids is 1. The lowest BCUT2D eigenvalue weighted by Crippen LogP contribution is -2.28. The van der Waals surface area contributed by atoms with E-state index in [0.29, 0.717) is 12.2 Å². The Balaban J connectivity index is 1.56. The van der Waals surface area contributed by atoms with Crippen molar-refractivity contribution in [3.8, 4) is 5.69 Å². The summed E-state index contributed by atoms with van der Waals surface area (Å²) < 4.78 is 1.77. The molecule has 3 aromatic rings. The second-order valence-electron chi connectivity index (χ2n) is 4.68. The number of nitrogens with one attached hydrogen (secondary N) is 2. The molecular weight excluding hydrogens is 278 g/mol. The van der Waals surface area contributed by atoms with Gasteiger partial charge in [0, 0.05) is 24.5 Å². The Labute approximate surface area is 127 Å². The number of hydrogen-bond donors (Lipinski definition) is 2. The first-order valence-electron chi connectivity index (χ1n) is 6.85. The third-order valence-corrected chi connectivity index (χ3v) is 3.03. The number of pyridine rings is 1. The minimum Gasteiger partial charge on any atom is -0.334 e. The van der Waals surface area contributed by atoms with Crippen LogP contribution in [0.4, 0.5) is 10.5 Å². The Morgan fingerprint density at radius 1 is 1.09 bits per heavy atom. The number of para-hydroxylation sites is 1. The molecule has 0 radical (unpaired) electrons. The highest BCUT2D eigenvalue weighted by Gasteiger charge is 2.04. The van der Waals surface area contributed by atoms with Gasteiger partial charge in [0.2, 0.25) is 0 Å². The molecule has 0 unspecified atom stereocenters. The number of rotatable bonds is 4. The highest BCUT2D eigenvalue weighted by molar-refractivity contribution is 5.88. The van der Waals surface area contributed by atoms with Crippen molar-refractivity contribution in [2.45, 2.75) is 6.54 Å². The zero-order chi connectivity index (χ0) is 15.2. The average Bonchev–Trinajstić information content (AvgIpc) is 3.04. The van der Waals surface area contributed by atoms with E-state index in [-0.39, 0.29) is 6.03 Å². The van der Waals surface area contributed by atoms with Crippen molar-refractivity contribution in [1.82, 2.24) is 20.1 Å². The quantitative estimate of drug-likeness (QED) is 0.776. The first-order valence-corrected chi connectivity index (χ1v) is 6.85. The number of aromatic nitrogens is 3. The largest absolute Gasteiger partial charge is 0.334 e. The molecule has 6 heteroatoms. The number of amides is 2. The molecule has 0 atom stereocenters. The van der Waals surface area contributed by atoms with Crippen LogP contribution in [0, 0.1) is 0 Å². The van der Waals surface area contributed by atoms with E-state index in [0.717, 1.165) is 11.3 Å². The van der Waals surface area contributed by atoms with E-state index >= 15 is 0 Å². The fourth-order valence-electron chi connectivity index (χ4n) is 1.97. The molecule has 0 saturated carbocycles. The van der Waals surface area contributed by atoms with Gasteiger partial charge >= 0.3 is 6.03 Å². The first-order chi connectivity index (χ1) is 10.8. The third kappa shape index (κ3) is 3.49. The van der Waals surface area contributed by atoms with Gasteiger partial charge < -0.3 is 10.6 Å². The van der Waals surface area contributed by atoms with E-state index in [1.54, 1.807) is 35.4 Å². The van der Waals surface area contributed by atoms with Gasteiger partial charge in [-0.2, -0.15) is 5.10 Å². The monoisotopic (exact) mass is 293 g/mol. The van der Waals surface area contributed by atoms with Gasteiger partial charge in [-0.3, -0.25) is 4.98 Å². The summed E-state index contributed by atoms with van der Waals surface area (Å²) >= 11 is 0. The topological polar surface area (TPSA) is 71.8 Å². The lowest BCUT2D eigenvalue weighted by Gasteiger charge is -2.05. The van der Waals surface area contributed by atoms with Gasteiger partial charge in [0.25, 0.3) is 0 Å². The minimum atomic E-state index is -0.277. The van der Waals surface area contributed by atoms with Crippen LogP contribution in [0.25, 0.3) is 5.69 Å². The van der Waals surface area contributed by atoms with Crippen LogP contribution in [0.15, 0.2) is 67.3 Å². The molecule has 6 nitrogen and oxygen atoms in total. The maximum atomic E-state index is 11.8. The molecule has 0 spiro atoms. The van der Waals surface area contributed by atoms with E-state index in [1.165, 1.54) is 0 Å². The summed E-state index contributed by atoms with van der Waals surface area (Å²) in [4.78, 5) is 15.7. The molecule has 2 aromatic heterocycles. The summed E-state index contributed by atoms with van der Waals surface area (Å²) in [6, 6.07) is 13.1. The van der Waals surface area contributed by atoms with Crippen molar-refractivity contribution < 1.29 is 4.79 Å². The van der Waals surface area contributed by atoms with Crippen molar-refractivity contribution in [3.63, 3.8) is 0 Å². The zero-order valence-corrected chi connectivity index (χ0v) is 11.8. The van der Waals surface area contributed by atoms with Crippen LogP contribution in [0.2, 0.25) is 0 Å². The van der Waals surface area contributed by atoms with E-state index in [4.69, 9.17) is 0 Å². The molecule has 2 amide bonds. The van der Waals surface area contributed by atoms with Gasteiger partial charge in [-0.25, -0.2) is 9.48 Å². The minimum absolute atomic E-state index is 0.277. The van der Waals surface area contributed by atoms with Gasteiger partial charge in [0.15, 0.2) is 0 Å². The second-order valence-corrected chi connectivity index (χ2v) is 4.68. The molecule has 2 heterocycles. The van der Waals surface area contributed by atoms with Crippen LogP contribution in [0.5, 0.6) is 0 Å². The molecule has 2 N–H and O–H groups in total. The Morgan fingerprint density at radius 2 is 1.95 bits per heavy atom. The molecule has 3 rings (SSSR count). The van der Waals surface area contributed by atoms with Gasteiger partial charge in [0.1, 0.15) is 0 Å². The summed E-state index contributed by atoms with van der Waals surface area (Å²) in [5, 5.41) is 9.78. The SMILES string of the molecule is O=C(NCc1cnn(-c2ccccc2)c1)Nc1cccnc1.